The molecule has 0 saturated heterocycles. The van der Waals surface area contributed by atoms with E-state index >= 15 is 0 Å². The van der Waals surface area contributed by atoms with Crippen molar-refractivity contribution in [3.8, 4) is 0 Å². The van der Waals surface area contributed by atoms with Gasteiger partial charge in [0.15, 0.2) is 0 Å². The third kappa shape index (κ3) is 3.19. The van der Waals surface area contributed by atoms with E-state index in [2.05, 4.69) is 5.32 Å². The fraction of sp³-hybridized carbons (Fsp3) is 0.158. The second-order valence-electron chi connectivity index (χ2n) is 5.69. The van der Waals surface area contributed by atoms with Gasteiger partial charge in [-0.25, -0.2) is 4.79 Å². The number of amides is 1. The Kier molecular flexibility index (Phi) is 4.40. The molecule has 4 nitrogen and oxygen atoms in total. The van der Waals surface area contributed by atoms with Crippen molar-refractivity contribution in [1.29, 1.82) is 0 Å². The second-order valence-corrected chi connectivity index (χ2v) is 6.12. The molecule has 0 fully saturated rings. The maximum absolute atomic E-state index is 12.4. The highest BCUT2D eigenvalue weighted by Crippen LogP contribution is 2.19. The zero-order valence-electron chi connectivity index (χ0n) is 13.3. The van der Waals surface area contributed by atoms with Crippen molar-refractivity contribution in [3.05, 3.63) is 80.7 Å². The van der Waals surface area contributed by atoms with Crippen molar-refractivity contribution in [2.24, 2.45) is 0 Å². The first-order valence-electron chi connectivity index (χ1n) is 7.55. The van der Waals surface area contributed by atoms with Crippen LogP contribution in [0.2, 0.25) is 5.02 Å². The van der Waals surface area contributed by atoms with Gasteiger partial charge in [-0.2, -0.15) is 0 Å². The van der Waals surface area contributed by atoms with Crippen LogP contribution >= 0.6 is 11.6 Å². The summed E-state index contributed by atoms with van der Waals surface area (Å²) in [5.41, 5.74) is 1.61. The van der Waals surface area contributed by atoms with Crippen LogP contribution in [-0.4, -0.2) is 5.91 Å². The summed E-state index contributed by atoms with van der Waals surface area (Å²) in [5.74, 6) is -0.463. The molecule has 3 rings (SSSR count). The first kappa shape index (κ1) is 16.3. The Bertz CT molecular complexity index is 961. The van der Waals surface area contributed by atoms with Gasteiger partial charge in [0.1, 0.15) is 11.1 Å². The van der Waals surface area contributed by atoms with Gasteiger partial charge in [0.05, 0.1) is 6.04 Å². The second kappa shape index (κ2) is 6.49. The third-order valence-electron chi connectivity index (χ3n) is 3.92. The summed E-state index contributed by atoms with van der Waals surface area (Å²) in [4.78, 5) is 24.6. The molecule has 1 N–H and O–H groups in total. The standard InChI is InChI=1S/C19H16ClNO3/c1-11-4-3-5-14-10-16(19(23)24-17(11)14)18(22)21-12(2)13-6-8-15(20)9-7-13/h3-10,12H,1-2H3,(H,21,22)/t12-/m0/s1. The number of fused-ring (bicyclic) bond motifs is 1. The van der Waals surface area contributed by atoms with Gasteiger partial charge in [-0.3, -0.25) is 4.79 Å². The number of para-hydroxylation sites is 1. The zero-order valence-corrected chi connectivity index (χ0v) is 14.1. The van der Waals surface area contributed by atoms with Crippen LogP contribution < -0.4 is 10.9 Å². The Balaban J connectivity index is 1.90. The molecule has 3 aromatic rings. The molecule has 2 aromatic carbocycles. The molecule has 0 aliphatic heterocycles. The summed E-state index contributed by atoms with van der Waals surface area (Å²) in [7, 11) is 0. The van der Waals surface area contributed by atoms with Crippen molar-refractivity contribution < 1.29 is 9.21 Å². The topological polar surface area (TPSA) is 59.3 Å². The average Bonchev–Trinajstić information content (AvgIpc) is 2.55. The molecule has 24 heavy (non-hydrogen) atoms. The van der Waals surface area contributed by atoms with Gasteiger partial charge in [0.25, 0.3) is 5.91 Å². The van der Waals surface area contributed by atoms with Crippen molar-refractivity contribution in [2.45, 2.75) is 19.9 Å². The van der Waals surface area contributed by atoms with E-state index in [9.17, 15) is 9.59 Å². The first-order valence-corrected chi connectivity index (χ1v) is 7.93. The smallest absolute Gasteiger partial charge is 0.349 e. The lowest BCUT2D eigenvalue weighted by Gasteiger charge is -2.14. The van der Waals surface area contributed by atoms with Crippen LogP contribution in [-0.2, 0) is 0 Å². The minimum absolute atomic E-state index is 0.00564. The molecular weight excluding hydrogens is 326 g/mol. The number of benzene rings is 2. The van der Waals surface area contributed by atoms with Gasteiger partial charge < -0.3 is 9.73 Å². The molecule has 1 heterocycles. The number of nitrogens with one attached hydrogen (secondary N) is 1. The highest BCUT2D eigenvalue weighted by molar-refractivity contribution is 6.30. The van der Waals surface area contributed by atoms with Crippen molar-refractivity contribution in [2.75, 3.05) is 0 Å². The monoisotopic (exact) mass is 341 g/mol. The summed E-state index contributed by atoms with van der Waals surface area (Å²) < 4.78 is 5.31. The molecule has 0 aliphatic carbocycles. The number of hydrogen-bond acceptors (Lipinski definition) is 3. The molecule has 122 valence electrons. The highest BCUT2D eigenvalue weighted by Gasteiger charge is 2.17. The van der Waals surface area contributed by atoms with Gasteiger partial charge in [-0.15, -0.1) is 0 Å². The molecule has 5 heteroatoms. The summed E-state index contributed by atoms with van der Waals surface area (Å²) in [5, 5.41) is 4.16. The number of carbonyl (C=O) groups is 1. The lowest BCUT2D eigenvalue weighted by atomic mass is 10.1. The largest absolute Gasteiger partial charge is 0.422 e. The van der Waals surface area contributed by atoms with E-state index in [1.807, 2.05) is 44.2 Å². The van der Waals surface area contributed by atoms with E-state index < -0.39 is 11.5 Å². The van der Waals surface area contributed by atoms with Gasteiger partial charge >= 0.3 is 5.63 Å². The number of hydrogen-bond donors (Lipinski definition) is 1. The number of halogens is 1. The van der Waals surface area contributed by atoms with Crippen LogP contribution in [0.5, 0.6) is 0 Å². The molecule has 0 saturated carbocycles. The van der Waals surface area contributed by atoms with E-state index in [0.717, 1.165) is 16.5 Å². The van der Waals surface area contributed by atoms with Crippen LogP contribution in [0.4, 0.5) is 0 Å². The maximum Gasteiger partial charge on any atom is 0.349 e. The van der Waals surface area contributed by atoms with Crippen molar-refractivity contribution in [1.82, 2.24) is 5.32 Å². The highest BCUT2D eigenvalue weighted by atomic mass is 35.5. The van der Waals surface area contributed by atoms with Crippen molar-refractivity contribution >= 4 is 28.5 Å². The summed E-state index contributed by atoms with van der Waals surface area (Å²) in [6.07, 6.45) is 0. The Labute approximate surface area is 144 Å². The van der Waals surface area contributed by atoms with Gasteiger partial charge in [0, 0.05) is 10.4 Å². The quantitative estimate of drug-likeness (QED) is 0.725. The van der Waals surface area contributed by atoms with E-state index in [-0.39, 0.29) is 11.6 Å². The van der Waals surface area contributed by atoms with Crippen molar-refractivity contribution in [3.63, 3.8) is 0 Å². The Morgan fingerprint density at radius 1 is 1.17 bits per heavy atom. The average molecular weight is 342 g/mol. The molecule has 0 bridgehead atoms. The fourth-order valence-corrected chi connectivity index (χ4v) is 2.68. The Hall–Kier alpha value is -2.59. The molecule has 0 spiro atoms. The lowest BCUT2D eigenvalue weighted by molar-refractivity contribution is 0.0936. The van der Waals surface area contributed by atoms with Crippen LogP contribution in [0, 0.1) is 6.92 Å². The molecule has 1 amide bonds. The van der Waals surface area contributed by atoms with Crippen LogP contribution in [0.1, 0.15) is 34.5 Å². The maximum atomic E-state index is 12.4. The minimum atomic E-state index is -0.641. The molecule has 1 atom stereocenters. The third-order valence-corrected chi connectivity index (χ3v) is 4.17. The SMILES string of the molecule is Cc1cccc2cc(C(=O)N[C@@H](C)c3ccc(Cl)cc3)c(=O)oc12. The fourth-order valence-electron chi connectivity index (χ4n) is 2.56. The predicted molar refractivity (Wildman–Crippen MR) is 94.6 cm³/mol. The van der Waals surface area contributed by atoms with E-state index in [1.165, 1.54) is 0 Å². The molecule has 1 aromatic heterocycles. The molecular formula is C19H16ClNO3. The number of rotatable bonds is 3. The molecule has 0 aliphatic rings. The summed E-state index contributed by atoms with van der Waals surface area (Å²) in [6, 6.07) is 14.0. The molecule has 0 unspecified atom stereocenters. The van der Waals surface area contributed by atoms with Crippen LogP contribution in [0.15, 0.2) is 57.7 Å². The number of carbonyl (C=O) groups excluding carboxylic acids is 1. The Morgan fingerprint density at radius 3 is 2.58 bits per heavy atom. The predicted octanol–water partition coefficient (Wildman–Crippen LogP) is 4.25. The normalized spacial score (nSPS) is 12.1. The van der Waals surface area contributed by atoms with Gasteiger partial charge in [-0.05, 0) is 43.2 Å². The summed E-state index contributed by atoms with van der Waals surface area (Å²) in [6.45, 7) is 3.70. The summed E-state index contributed by atoms with van der Waals surface area (Å²) >= 11 is 5.87. The van der Waals surface area contributed by atoms with Gasteiger partial charge in [-0.1, -0.05) is 41.9 Å². The van der Waals surface area contributed by atoms with Crippen LogP contribution in [0.25, 0.3) is 11.0 Å². The lowest BCUT2D eigenvalue weighted by Crippen LogP contribution is -2.30. The number of aryl methyl sites for hydroxylation is 1. The van der Waals surface area contributed by atoms with Crippen LogP contribution in [0.3, 0.4) is 0 Å². The molecule has 0 radical (unpaired) electrons. The Morgan fingerprint density at radius 2 is 1.88 bits per heavy atom. The minimum Gasteiger partial charge on any atom is -0.422 e. The zero-order chi connectivity index (χ0) is 17.3. The van der Waals surface area contributed by atoms with E-state index in [0.29, 0.717) is 10.6 Å². The van der Waals surface area contributed by atoms with Gasteiger partial charge in [0.2, 0.25) is 0 Å². The van der Waals surface area contributed by atoms with E-state index in [4.69, 9.17) is 16.0 Å². The first-order chi connectivity index (χ1) is 11.5. The van der Waals surface area contributed by atoms with E-state index in [1.54, 1.807) is 18.2 Å².